The summed E-state index contributed by atoms with van der Waals surface area (Å²) >= 11 is 0. The average Bonchev–Trinajstić information content (AvgIpc) is 2.82. The van der Waals surface area contributed by atoms with Crippen molar-refractivity contribution >= 4 is 5.91 Å². The van der Waals surface area contributed by atoms with Gasteiger partial charge in [-0.15, -0.1) is 0 Å². The quantitative estimate of drug-likeness (QED) is 0.329. The number of halogens is 1. The van der Waals surface area contributed by atoms with Crippen LogP contribution in [0.4, 0.5) is 4.39 Å². The third-order valence-electron chi connectivity index (χ3n) is 5.70. The maximum Gasteiger partial charge on any atom is 0.237 e. The van der Waals surface area contributed by atoms with Gasteiger partial charge in [0.2, 0.25) is 5.91 Å². The van der Waals surface area contributed by atoms with E-state index in [9.17, 15) is 14.4 Å². The Morgan fingerprint density at radius 3 is 2.33 bits per heavy atom. The second-order valence-electron chi connectivity index (χ2n) is 8.03. The number of amides is 1. The first-order chi connectivity index (χ1) is 16.0. The molecule has 1 aromatic heterocycles. The Labute approximate surface area is 192 Å². The fourth-order valence-electron chi connectivity index (χ4n) is 3.94. The van der Waals surface area contributed by atoms with Crippen molar-refractivity contribution < 1.29 is 18.7 Å². The van der Waals surface area contributed by atoms with Crippen molar-refractivity contribution in [3.8, 4) is 5.75 Å². The van der Waals surface area contributed by atoms with E-state index in [1.54, 1.807) is 31.4 Å². The average molecular weight is 448 g/mol. The smallest absolute Gasteiger partial charge is 0.237 e. The number of hydrogen-bond donors (Lipinski definition) is 0. The molecule has 0 aliphatic carbocycles. The van der Waals surface area contributed by atoms with Crippen LogP contribution in [0.15, 0.2) is 85.2 Å². The van der Waals surface area contributed by atoms with E-state index in [4.69, 9.17) is 4.74 Å². The lowest BCUT2D eigenvalue weighted by Gasteiger charge is -2.34. The summed E-state index contributed by atoms with van der Waals surface area (Å²) in [4.78, 5) is 17.3. The highest BCUT2D eigenvalue weighted by Crippen LogP contribution is 2.28. The maximum absolute atomic E-state index is 13.5. The molecular formula is C26H26FN3O3. The summed E-state index contributed by atoms with van der Waals surface area (Å²) in [6.45, 7) is 1.74. The SMILES string of the molecule is COc1ccc([C@H]2/C=C\CN(Cc3cc[n+]([O-])cc3)CC(=O)N2Cc2ccc(F)cc2)cc1. The number of carbonyl (C=O) groups is 1. The zero-order valence-corrected chi connectivity index (χ0v) is 18.4. The number of benzene rings is 2. The van der Waals surface area contributed by atoms with E-state index in [2.05, 4.69) is 6.08 Å². The van der Waals surface area contributed by atoms with Gasteiger partial charge in [-0.05, 0) is 41.0 Å². The summed E-state index contributed by atoms with van der Waals surface area (Å²) in [6, 6.07) is 17.2. The Morgan fingerprint density at radius 2 is 1.67 bits per heavy atom. The van der Waals surface area contributed by atoms with Gasteiger partial charge in [0.15, 0.2) is 12.4 Å². The number of nitrogens with zero attached hydrogens (tertiary/aromatic N) is 3. The van der Waals surface area contributed by atoms with E-state index in [-0.39, 0.29) is 24.3 Å². The predicted octanol–water partition coefficient (Wildman–Crippen LogP) is 3.61. The molecule has 2 heterocycles. The third-order valence-corrected chi connectivity index (χ3v) is 5.70. The minimum Gasteiger partial charge on any atom is -0.619 e. The van der Waals surface area contributed by atoms with Crippen LogP contribution in [0.1, 0.15) is 22.7 Å². The molecule has 0 fully saturated rings. The first-order valence-corrected chi connectivity index (χ1v) is 10.8. The summed E-state index contributed by atoms with van der Waals surface area (Å²) in [5.41, 5.74) is 2.78. The number of aromatic nitrogens is 1. The Bertz CT molecular complexity index is 1100. The molecule has 0 bridgehead atoms. The normalized spacial score (nSPS) is 17.9. The summed E-state index contributed by atoms with van der Waals surface area (Å²) < 4.78 is 19.4. The summed E-state index contributed by atoms with van der Waals surface area (Å²) in [5.74, 6) is 0.413. The summed E-state index contributed by atoms with van der Waals surface area (Å²) in [5, 5.41) is 11.3. The van der Waals surface area contributed by atoms with Gasteiger partial charge in [0.05, 0.1) is 19.7 Å². The number of rotatable bonds is 6. The van der Waals surface area contributed by atoms with Crippen molar-refractivity contribution in [2.75, 3.05) is 20.2 Å². The second kappa shape index (κ2) is 10.3. The molecule has 1 aliphatic heterocycles. The maximum atomic E-state index is 13.5. The van der Waals surface area contributed by atoms with Gasteiger partial charge in [0, 0.05) is 31.8 Å². The number of carbonyl (C=O) groups excluding carboxylic acids is 1. The van der Waals surface area contributed by atoms with Crippen molar-refractivity contribution in [2.24, 2.45) is 0 Å². The van der Waals surface area contributed by atoms with E-state index in [1.165, 1.54) is 24.5 Å². The highest BCUT2D eigenvalue weighted by atomic mass is 19.1. The van der Waals surface area contributed by atoms with Crippen molar-refractivity contribution in [3.63, 3.8) is 0 Å². The highest BCUT2D eigenvalue weighted by molar-refractivity contribution is 5.79. The molecule has 0 radical (unpaired) electrons. The van der Waals surface area contributed by atoms with Crippen LogP contribution in [0, 0.1) is 11.0 Å². The van der Waals surface area contributed by atoms with Gasteiger partial charge in [-0.3, -0.25) is 9.69 Å². The molecule has 33 heavy (non-hydrogen) atoms. The lowest BCUT2D eigenvalue weighted by atomic mass is 10.0. The molecular weight excluding hydrogens is 421 g/mol. The Morgan fingerprint density at radius 1 is 1.00 bits per heavy atom. The summed E-state index contributed by atoms with van der Waals surface area (Å²) in [7, 11) is 1.62. The Kier molecular flexibility index (Phi) is 7.00. The standard InChI is InChI=1S/C26H26FN3O3/c1-33-24-10-6-22(7-11-24)25-3-2-14-28(17-21-12-15-29(32)16-13-21)19-26(31)30(25)18-20-4-8-23(27)9-5-20/h2-13,15-16,25H,14,17-19H2,1H3/b3-2-/t25-/m1/s1. The molecule has 1 atom stereocenters. The van der Waals surface area contributed by atoms with Crippen LogP contribution in [0.25, 0.3) is 0 Å². The fourth-order valence-corrected chi connectivity index (χ4v) is 3.94. The topological polar surface area (TPSA) is 59.7 Å². The highest BCUT2D eigenvalue weighted by Gasteiger charge is 2.27. The molecule has 1 amide bonds. The van der Waals surface area contributed by atoms with E-state index in [0.29, 0.717) is 19.6 Å². The van der Waals surface area contributed by atoms with Gasteiger partial charge in [-0.25, -0.2) is 4.39 Å². The zero-order chi connectivity index (χ0) is 23.2. The van der Waals surface area contributed by atoms with Crippen LogP contribution < -0.4 is 9.47 Å². The van der Waals surface area contributed by atoms with Gasteiger partial charge in [-0.1, -0.05) is 36.4 Å². The van der Waals surface area contributed by atoms with Crippen molar-refractivity contribution in [1.82, 2.24) is 9.80 Å². The molecule has 3 aromatic rings. The summed E-state index contributed by atoms with van der Waals surface area (Å²) in [6.07, 6.45) is 7.01. The van der Waals surface area contributed by atoms with E-state index < -0.39 is 0 Å². The van der Waals surface area contributed by atoms with Gasteiger partial charge in [0.25, 0.3) is 0 Å². The van der Waals surface area contributed by atoms with Gasteiger partial charge >= 0.3 is 0 Å². The van der Waals surface area contributed by atoms with Gasteiger partial charge in [-0.2, -0.15) is 4.73 Å². The first-order valence-electron chi connectivity index (χ1n) is 10.8. The predicted molar refractivity (Wildman–Crippen MR) is 123 cm³/mol. The Balaban J connectivity index is 1.61. The minimum absolute atomic E-state index is 0.0284. The van der Waals surface area contributed by atoms with Gasteiger partial charge in [0.1, 0.15) is 11.6 Å². The zero-order valence-electron chi connectivity index (χ0n) is 18.4. The van der Waals surface area contributed by atoms with Crippen LogP contribution in [0.2, 0.25) is 0 Å². The molecule has 170 valence electrons. The van der Waals surface area contributed by atoms with E-state index >= 15 is 0 Å². The molecule has 4 rings (SSSR count). The molecule has 7 heteroatoms. The first kappa shape index (κ1) is 22.5. The van der Waals surface area contributed by atoms with Crippen LogP contribution >= 0.6 is 0 Å². The molecule has 0 N–H and O–H groups in total. The lowest BCUT2D eigenvalue weighted by molar-refractivity contribution is -0.605. The molecule has 0 saturated carbocycles. The van der Waals surface area contributed by atoms with Crippen LogP contribution in [-0.2, 0) is 17.9 Å². The third kappa shape index (κ3) is 5.75. The molecule has 6 nitrogen and oxygen atoms in total. The molecule has 2 aromatic carbocycles. The van der Waals surface area contributed by atoms with Crippen molar-refractivity contribution in [1.29, 1.82) is 0 Å². The number of ether oxygens (including phenoxy) is 1. The second-order valence-corrected chi connectivity index (χ2v) is 8.03. The number of pyridine rings is 1. The Hall–Kier alpha value is -3.71. The van der Waals surface area contributed by atoms with Gasteiger partial charge < -0.3 is 14.8 Å². The van der Waals surface area contributed by atoms with Crippen LogP contribution in [0.5, 0.6) is 5.75 Å². The van der Waals surface area contributed by atoms with E-state index in [1.807, 2.05) is 40.1 Å². The van der Waals surface area contributed by atoms with Crippen LogP contribution in [0.3, 0.4) is 0 Å². The number of methoxy groups -OCH3 is 1. The molecule has 0 unspecified atom stereocenters. The molecule has 1 aliphatic rings. The minimum atomic E-state index is -0.308. The monoisotopic (exact) mass is 447 g/mol. The molecule has 0 saturated heterocycles. The van der Waals surface area contributed by atoms with Crippen LogP contribution in [-0.4, -0.2) is 35.9 Å². The van der Waals surface area contributed by atoms with E-state index in [0.717, 1.165) is 27.2 Å². The molecule has 0 spiro atoms. The van der Waals surface area contributed by atoms with Crippen molar-refractivity contribution in [2.45, 2.75) is 19.1 Å². The largest absolute Gasteiger partial charge is 0.619 e. The fraction of sp³-hybridized carbons (Fsp3) is 0.231. The van der Waals surface area contributed by atoms with Crippen molar-refractivity contribution in [3.05, 3.63) is 113 Å². The number of hydrogen-bond acceptors (Lipinski definition) is 4. The lowest BCUT2D eigenvalue weighted by Crippen LogP contribution is -2.43.